The number of halogens is 2. The minimum absolute atomic E-state index is 0.00907. The van der Waals surface area contributed by atoms with Gasteiger partial charge in [0.25, 0.3) is 0 Å². The van der Waals surface area contributed by atoms with Gasteiger partial charge in [0, 0.05) is 9.34 Å². The van der Waals surface area contributed by atoms with Crippen molar-refractivity contribution in [3.63, 3.8) is 0 Å². The zero-order chi connectivity index (χ0) is 18.0. The number of nitrogen functional groups attached to an aromatic ring is 1. The first-order chi connectivity index (χ1) is 11.7. The molecule has 4 rings (SSSR count). The lowest BCUT2D eigenvalue weighted by Gasteiger charge is -2.38. The van der Waals surface area contributed by atoms with Crippen molar-refractivity contribution < 1.29 is 24.0 Å². The second kappa shape index (κ2) is 5.91. The van der Waals surface area contributed by atoms with Crippen LogP contribution in [0.1, 0.15) is 12.5 Å². The molecule has 1 aliphatic carbocycles. The number of fused-ring (bicyclic) bond motifs is 2. The van der Waals surface area contributed by atoms with Crippen molar-refractivity contribution in [1.82, 2.24) is 19.5 Å². The maximum Gasteiger partial charge on any atom is 0.469 e. The smallest absolute Gasteiger partial charge is 0.391 e. The van der Waals surface area contributed by atoms with Gasteiger partial charge >= 0.3 is 7.82 Å². The van der Waals surface area contributed by atoms with Gasteiger partial charge < -0.3 is 25.2 Å². The Bertz CT molecular complexity index is 934. The van der Waals surface area contributed by atoms with Crippen molar-refractivity contribution in [3.05, 3.63) is 11.6 Å². The van der Waals surface area contributed by atoms with Gasteiger partial charge in [-0.3, -0.25) is 4.52 Å². The normalized spacial score (nSPS) is 31.6. The summed E-state index contributed by atoms with van der Waals surface area (Å²) in [7, 11) is -4.57. The van der Waals surface area contributed by atoms with Crippen LogP contribution in [0.25, 0.3) is 11.2 Å². The molecular weight excluding hydrogens is 487 g/mol. The molecule has 0 unspecified atom stereocenters. The van der Waals surface area contributed by atoms with E-state index in [2.05, 4.69) is 15.0 Å². The highest BCUT2D eigenvalue weighted by Gasteiger charge is 2.57. The van der Waals surface area contributed by atoms with E-state index in [1.165, 1.54) is 0 Å². The van der Waals surface area contributed by atoms with Crippen LogP contribution in [0.3, 0.4) is 0 Å². The standard InChI is InChI=1S/C12H14ClIN5O5P/c13-11-17-9(15)6-10(18-11)19(4-16-6)7-5(20)1-12(2-14-8(7)12)3-24-25(21,22)23/h2,4-5,7-8,20H,1,3H2,(H2,15,17,18)(H2,21,22,23)/t5-,7+,8-,12-/m1/s1. The fourth-order valence-electron chi connectivity index (χ4n) is 3.42. The van der Waals surface area contributed by atoms with Crippen molar-refractivity contribution in [2.75, 3.05) is 12.3 Å². The molecule has 136 valence electrons. The number of aromatic nitrogens is 4. The molecule has 2 aliphatic rings. The van der Waals surface area contributed by atoms with Gasteiger partial charge in [0.2, 0.25) is 5.28 Å². The molecule has 0 spiro atoms. The van der Waals surface area contributed by atoms with Crippen LogP contribution in [0.5, 0.6) is 0 Å². The first-order valence-corrected chi connectivity index (χ1v) is 11.6. The van der Waals surface area contributed by atoms with Gasteiger partial charge in [0.15, 0.2) is 11.5 Å². The molecule has 0 radical (unpaired) electrons. The molecular formula is C12H14ClIN5O5P. The Balaban J connectivity index is 1.71. The van der Waals surface area contributed by atoms with Crippen molar-refractivity contribution in [2.24, 2.45) is 5.41 Å². The van der Waals surface area contributed by atoms with Gasteiger partial charge in [-0.1, -0.05) is 0 Å². The molecule has 5 N–H and O–H groups in total. The minimum atomic E-state index is -4.57. The molecule has 2 aromatic heterocycles. The van der Waals surface area contributed by atoms with E-state index in [1.54, 1.807) is 10.9 Å². The summed E-state index contributed by atoms with van der Waals surface area (Å²) in [6.07, 6.45) is 1.17. The highest BCUT2D eigenvalue weighted by atomic mass is 127. The number of aliphatic hydroxyl groups excluding tert-OH is 1. The molecule has 0 saturated heterocycles. The average molecular weight is 502 g/mol. The molecule has 0 amide bonds. The van der Waals surface area contributed by atoms with E-state index in [-0.39, 0.29) is 48.4 Å². The highest BCUT2D eigenvalue weighted by molar-refractivity contribution is 14.2. The summed E-state index contributed by atoms with van der Waals surface area (Å²) in [5.74, 6) is 0.159. The van der Waals surface area contributed by atoms with Crippen LogP contribution in [0.15, 0.2) is 6.33 Å². The summed E-state index contributed by atoms with van der Waals surface area (Å²) in [6, 6.07) is -0.325. The van der Waals surface area contributed by atoms with Crippen LogP contribution >= 0.6 is 40.2 Å². The predicted octanol–water partition coefficient (Wildman–Crippen LogP) is 0.618. The van der Waals surface area contributed by atoms with Gasteiger partial charge in [-0.05, 0) is 22.0 Å². The molecule has 3 heterocycles. The second-order valence-corrected chi connectivity index (χ2v) is 10.4. The quantitative estimate of drug-likeness (QED) is 0.204. The molecule has 1 aliphatic heterocycles. The summed E-state index contributed by atoms with van der Waals surface area (Å²) in [6.45, 7) is -0.125. The Morgan fingerprint density at radius 2 is 2.28 bits per heavy atom. The lowest BCUT2D eigenvalue weighted by molar-refractivity contribution is 0.121. The zero-order valence-corrected chi connectivity index (χ0v) is 16.3. The number of rotatable bonds is 4. The summed E-state index contributed by atoms with van der Waals surface area (Å²) in [4.78, 5) is 30.2. The largest absolute Gasteiger partial charge is 0.469 e. The van der Waals surface area contributed by atoms with E-state index in [0.717, 1.165) is 0 Å². The lowest BCUT2D eigenvalue weighted by Crippen LogP contribution is -2.41. The number of nitrogens with two attached hydrogens (primary N) is 1. The topological polar surface area (TPSA) is 157 Å². The van der Waals surface area contributed by atoms with Gasteiger partial charge in [0.1, 0.15) is 5.52 Å². The van der Waals surface area contributed by atoms with E-state index in [0.29, 0.717) is 17.6 Å². The summed E-state index contributed by atoms with van der Waals surface area (Å²) < 4.78 is 19.6. The van der Waals surface area contributed by atoms with Gasteiger partial charge in [-0.2, -0.15) is 9.97 Å². The fourth-order valence-corrected chi connectivity index (χ4v) is 7.91. The number of phosphoric ester groups is 1. The molecule has 1 saturated carbocycles. The number of imidazole rings is 1. The van der Waals surface area contributed by atoms with Crippen LogP contribution in [-0.2, 0) is 9.09 Å². The van der Waals surface area contributed by atoms with Gasteiger partial charge in [-0.25, -0.2) is 9.55 Å². The molecule has 2 aromatic rings. The van der Waals surface area contributed by atoms with Gasteiger partial charge in [-0.15, -0.1) is 20.7 Å². The van der Waals surface area contributed by atoms with Crippen molar-refractivity contribution >= 4 is 61.1 Å². The third-order valence-corrected chi connectivity index (χ3v) is 9.48. The van der Waals surface area contributed by atoms with Crippen molar-refractivity contribution in [1.29, 1.82) is 0 Å². The average Bonchev–Trinajstić information content (AvgIpc) is 2.96. The first kappa shape index (κ1) is 17.7. The fraction of sp³-hybridized carbons (Fsp3) is 0.500. The molecule has 4 atom stereocenters. The van der Waals surface area contributed by atoms with Crippen LogP contribution in [0.4, 0.5) is 5.82 Å². The monoisotopic (exact) mass is 501 g/mol. The van der Waals surface area contributed by atoms with Crippen molar-refractivity contribution in [2.45, 2.75) is 22.5 Å². The van der Waals surface area contributed by atoms with Crippen LogP contribution < -0.4 is 5.73 Å². The van der Waals surface area contributed by atoms with Gasteiger partial charge in [0.05, 0.1) is 25.1 Å². The molecule has 10 nitrogen and oxygen atoms in total. The minimum Gasteiger partial charge on any atom is -0.391 e. The predicted molar refractivity (Wildman–Crippen MR) is 98.7 cm³/mol. The Hall–Kier alpha value is -0.690. The second-order valence-electron chi connectivity index (χ2n) is 6.10. The summed E-state index contributed by atoms with van der Waals surface area (Å²) in [5.41, 5.74) is 6.12. The van der Waals surface area contributed by atoms with E-state index >= 15 is 0 Å². The van der Waals surface area contributed by atoms with E-state index in [4.69, 9.17) is 31.6 Å². The number of anilines is 1. The molecule has 25 heavy (non-hydrogen) atoms. The summed E-state index contributed by atoms with van der Waals surface area (Å²) in [5, 5.41) is 10.6. The van der Waals surface area contributed by atoms with E-state index in [1.807, 2.05) is 4.01 Å². The highest BCUT2D eigenvalue weighted by Crippen LogP contribution is 2.58. The third-order valence-electron chi connectivity index (χ3n) is 4.49. The van der Waals surface area contributed by atoms with Crippen LogP contribution in [0, 0.1) is 5.41 Å². The Morgan fingerprint density at radius 3 is 2.92 bits per heavy atom. The number of alkyl halides is 1. The van der Waals surface area contributed by atoms with E-state index in [9.17, 15) is 9.67 Å². The number of hydrogen-bond donors (Lipinski definition) is 4. The van der Waals surface area contributed by atoms with Crippen molar-refractivity contribution in [3.8, 4) is 0 Å². The van der Waals surface area contributed by atoms with E-state index < -0.39 is 19.3 Å². The molecule has 1 fully saturated rings. The molecule has 0 aromatic carbocycles. The Kier molecular flexibility index (Phi) is 4.19. The Labute approximate surface area is 156 Å². The number of hydrogen-bond acceptors (Lipinski definition) is 7. The zero-order valence-electron chi connectivity index (χ0n) is 12.5. The SMILES string of the molecule is Nc1nc(Cl)nc2c1ncn2[C@H]1[C@H](O)C[C@]2(COP(=O)(O)O)C=I[C@H]12. The first-order valence-electron chi connectivity index (χ1n) is 7.20. The Morgan fingerprint density at radius 1 is 1.52 bits per heavy atom. The maximum absolute atomic E-state index is 11.0. The maximum atomic E-state index is 11.0. The molecule has 13 heteroatoms. The molecule has 0 bridgehead atoms. The lowest BCUT2D eigenvalue weighted by atomic mass is 9.89. The van der Waals surface area contributed by atoms with Crippen LogP contribution in [0.2, 0.25) is 5.28 Å². The third kappa shape index (κ3) is 2.91. The van der Waals surface area contributed by atoms with Crippen LogP contribution in [-0.4, -0.2) is 55.1 Å². The number of phosphoric acid groups is 1. The number of nitrogens with zero attached hydrogens (tertiary/aromatic N) is 4. The number of aliphatic hydroxyl groups is 1. The summed E-state index contributed by atoms with van der Waals surface area (Å²) >= 11 is 5.52.